The lowest BCUT2D eigenvalue weighted by Gasteiger charge is -2.06. The molecule has 3 N–H and O–H groups in total. The summed E-state index contributed by atoms with van der Waals surface area (Å²) in [7, 11) is 0. The van der Waals surface area contributed by atoms with E-state index in [0.717, 1.165) is 5.52 Å². The molecule has 5 nitrogen and oxygen atoms in total. The minimum Gasteiger partial charge on any atom is -0.394 e. The van der Waals surface area contributed by atoms with Gasteiger partial charge in [0.1, 0.15) is 5.69 Å². The Morgan fingerprint density at radius 2 is 2.17 bits per heavy atom. The molecule has 0 aliphatic rings. The second kappa shape index (κ2) is 5.99. The van der Waals surface area contributed by atoms with Crippen molar-refractivity contribution in [3.05, 3.63) is 40.3 Å². The van der Waals surface area contributed by atoms with Crippen LogP contribution in [0.4, 0.5) is 0 Å². The maximum atomic E-state index is 11.7. The molecule has 6 heteroatoms. The smallest absolute Gasteiger partial charge is 0.270 e. The van der Waals surface area contributed by atoms with Crippen LogP contribution < -0.4 is 5.56 Å². The van der Waals surface area contributed by atoms with E-state index in [-0.39, 0.29) is 12.2 Å². The van der Waals surface area contributed by atoms with Crippen LogP contribution in [-0.4, -0.2) is 38.6 Å². The molecule has 0 fully saturated rings. The highest BCUT2D eigenvalue weighted by Crippen LogP contribution is 2.11. The van der Waals surface area contributed by atoms with Crippen molar-refractivity contribution < 1.29 is 10.2 Å². The molecule has 0 bridgehead atoms. The van der Waals surface area contributed by atoms with Crippen molar-refractivity contribution in [1.29, 1.82) is 0 Å². The molecule has 1 heterocycles. The number of aliphatic hydroxyl groups is 2. The van der Waals surface area contributed by atoms with Crippen molar-refractivity contribution in [2.45, 2.75) is 11.9 Å². The third kappa shape index (κ3) is 3.10. The van der Waals surface area contributed by atoms with Gasteiger partial charge in [-0.05, 0) is 12.1 Å². The number of H-pyrrole nitrogens is 1. The number of aromatic amines is 1. The largest absolute Gasteiger partial charge is 0.394 e. The van der Waals surface area contributed by atoms with Gasteiger partial charge in [-0.3, -0.25) is 4.79 Å². The zero-order valence-corrected chi connectivity index (χ0v) is 10.5. The molecule has 2 rings (SSSR count). The van der Waals surface area contributed by atoms with Gasteiger partial charge in [-0.25, -0.2) is 4.98 Å². The van der Waals surface area contributed by atoms with Gasteiger partial charge in [0.25, 0.3) is 5.56 Å². The fourth-order valence-corrected chi connectivity index (χ4v) is 2.39. The summed E-state index contributed by atoms with van der Waals surface area (Å²) >= 11 is 1.37. The third-order valence-electron chi connectivity index (χ3n) is 2.43. The van der Waals surface area contributed by atoms with Crippen LogP contribution in [0, 0.1) is 0 Å². The number of benzene rings is 1. The molecule has 0 spiro atoms. The van der Waals surface area contributed by atoms with Gasteiger partial charge in [0, 0.05) is 11.5 Å². The van der Waals surface area contributed by atoms with Crippen LogP contribution in [0.2, 0.25) is 0 Å². The summed E-state index contributed by atoms with van der Waals surface area (Å²) in [5, 5.41) is 17.9. The zero-order chi connectivity index (χ0) is 13.0. The average molecular weight is 266 g/mol. The number of aromatic nitrogens is 2. The maximum absolute atomic E-state index is 11.7. The number of hydrogen-bond acceptors (Lipinski definition) is 5. The molecule has 0 saturated carbocycles. The maximum Gasteiger partial charge on any atom is 0.270 e. The molecule has 1 aromatic carbocycles. The Morgan fingerprint density at radius 1 is 1.39 bits per heavy atom. The van der Waals surface area contributed by atoms with Gasteiger partial charge in [-0.15, -0.1) is 0 Å². The number of para-hydroxylation sites is 2. The van der Waals surface area contributed by atoms with Gasteiger partial charge < -0.3 is 15.2 Å². The first-order valence-corrected chi connectivity index (χ1v) is 6.71. The third-order valence-corrected chi connectivity index (χ3v) is 3.53. The van der Waals surface area contributed by atoms with E-state index < -0.39 is 6.10 Å². The minimum absolute atomic E-state index is 0.209. The highest BCUT2D eigenvalue weighted by atomic mass is 32.2. The van der Waals surface area contributed by atoms with Crippen LogP contribution in [0.1, 0.15) is 5.69 Å². The number of hydrogen-bond donors (Lipinski definition) is 3. The van der Waals surface area contributed by atoms with Crippen LogP contribution >= 0.6 is 11.8 Å². The Labute approximate surface area is 108 Å². The predicted octanol–water partition coefficient (Wildman–Crippen LogP) is 0.509. The van der Waals surface area contributed by atoms with E-state index in [4.69, 9.17) is 5.11 Å². The molecule has 96 valence electrons. The van der Waals surface area contributed by atoms with E-state index in [1.54, 1.807) is 6.07 Å². The van der Waals surface area contributed by atoms with Crippen LogP contribution in [0.15, 0.2) is 29.1 Å². The SMILES string of the molecule is O=c1[nH]c2ccccc2nc1CSCC(O)CO. The molecular weight excluding hydrogens is 252 g/mol. The van der Waals surface area contributed by atoms with Gasteiger partial charge in [-0.2, -0.15) is 11.8 Å². The van der Waals surface area contributed by atoms with E-state index in [1.165, 1.54) is 11.8 Å². The highest BCUT2D eigenvalue weighted by molar-refractivity contribution is 7.98. The second-order valence-corrected chi connectivity index (χ2v) is 4.91. The Hall–Kier alpha value is -1.37. The Balaban J connectivity index is 2.13. The summed E-state index contributed by atoms with van der Waals surface area (Å²) in [6.45, 7) is -0.269. The summed E-state index contributed by atoms with van der Waals surface area (Å²) in [5.41, 5.74) is 1.69. The number of thioether (sulfide) groups is 1. The minimum atomic E-state index is -0.755. The van der Waals surface area contributed by atoms with Crippen LogP contribution in [0.3, 0.4) is 0 Å². The van der Waals surface area contributed by atoms with E-state index >= 15 is 0 Å². The van der Waals surface area contributed by atoms with Crippen molar-refractivity contribution in [2.75, 3.05) is 12.4 Å². The molecule has 2 aromatic rings. The molecule has 0 aliphatic carbocycles. The molecule has 0 amide bonds. The van der Waals surface area contributed by atoms with Crippen LogP contribution in [-0.2, 0) is 5.75 Å². The fraction of sp³-hybridized carbons (Fsp3) is 0.333. The Morgan fingerprint density at radius 3 is 2.94 bits per heavy atom. The lowest BCUT2D eigenvalue weighted by atomic mass is 10.3. The van der Waals surface area contributed by atoms with Crippen molar-refractivity contribution in [1.82, 2.24) is 9.97 Å². The number of nitrogens with one attached hydrogen (secondary N) is 1. The topological polar surface area (TPSA) is 86.2 Å². The lowest BCUT2D eigenvalue weighted by Crippen LogP contribution is -2.17. The fourth-order valence-electron chi connectivity index (χ4n) is 1.51. The summed E-state index contributed by atoms with van der Waals surface area (Å²) in [4.78, 5) is 18.8. The first-order chi connectivity index (χ1) is 8.70. The van der Waals surface area contributed by atoms with Gasteiger partial charge in [0.2, 0.25) is 0 Å². The summed E-state index contributed by atoms with van der Waals surface area (Å²) in [5.74, 6) is 0.793. The molecule has 18 heavy (non-hydrogen) atoms. The summed E-state index contributed by atoms with van der Waals surface area (Å²) in [6, 6.07) is 7.34. The van der Waals surface area contributed by atoms with Crippen LogP contribution in [0.25, 0.3) is 11.0 Å². The average Bonchev–Trinajstić information content (AvgIpc) is 2.39. The van der Waals surface area contributed by atoms with Crippen molar-refractivity contribution in [3.8, 4) is 0 Å². The molecule has 1 aromatic heterocycles. The number of rotatable bonds is 5. The first-order valence-electron chi connectivity index (χ1n) is 5.55. The van der Waals surface area contributed by atoms with Gasteiger partial charge >= 0.3 is 0 Å². The van der Waals surface area contributed by atoms with Gasteiger partial charge in [0.15, 0.2) is 0 Å². The molecule has 0 saturated heterocycles. The number of aliphatic hydroxyl groups excluding tert-OH is 2. The predicted molar refractivity (Wildman–Crippen MR) is 71.6 cm³/mol. The molecular formula is C12H14N2O3S. The first kappa shape index (κ1) is 13.1. The summed E-state index contributed by atoms with van der Waals surface area (Å²) in [6.07, 6.45) is -0.755. The van der Waals surface area contributed by atoms with Gasteiger partial charge in [-0.1, -0.05) is 12.1 Å². The van der Waals surface area contributed by atoms with E-state index in [0.29, 0.717) is 22.7 Å². The quantitative estimate of drug-likeness (QED) is 0.734. The second-order valence-electron chi connectivity index (χ2n) is 3.88. The normalized spacial score (nSPS) is 12.8. The van der Waals surface area contributed by atoms with E-state index in [2.05, 4.69) is 9.97 Å². The van der Waals surface area contributed by atoms with Crippen molar-refractivity contribution in [3.63, 3.8) is 0 Å². The van der Waals surface area contributed by atoms with E-state index in [9.17, 15) is 9.90 Å². The molecule has 0 aliphatic heterocycles. The highest BCUT2D eigenvalue weighted by Gasteiger charge is 2.07. The number of nitrogens with zero attached hydrogens (tertiary/aromatic N) is 1. The number of fused-ring (bicyclic) bond motifs is 1. The monoisotopic (exact) mass is 266 g/mol. The lowest BCUT2D eigenvalue weighted by molar-refractivity contribution is 0.113. The van der Waals surface area contributed by atoms with Crippen LogP contribution in [0.5, 0.6) is 0 Å². The van der Waals surface area contributed by atoms with Gasteiger partial charge in [0.05, 0.1) is 23.7 Å². The molecule has 0 radical (unpaired) electrons. The Bertz CT molecular complexity index is 585. The molecule has 1 atom stereocenters. The van der Waals surface area contributed by atoms with E-state index in [1.807, 2.05) is 18.2 Å². The van der Waals surface area contributed by atoms with Crippen molar-refractivity contribution >= 4 is 22.8 Å². The zero-order valence-electron chi connectivity index (χ0n) is 9.67. The summed E-state index contributed by atoms with van der Waals surface area (Å²) < 4.78 is 0. The van der Waals surface area contributed by atoms with Crippen molar-refractivity contribution in [2.24, 2.45) is 0 Å². The molecule has 1 unspecified atom stereocenters. The Kier molecular flexibility index (Phi) is 4.35. The standard InChI is InChI=1S/C12H14N2O3S/c15-5-8(16)6-18-7-11-12(17)14-10-4-2-1-3-9(10)13-11/h1-4,8,15-16H,5-7H2,(H,14,17).